The summed E-state index contributed by atoms with van der Waals surface area (Å²) in [6.07, 6.45) is 2.21. The van der Waals surface area contributed by atoms with Crippen molar-refractivity contribution >= 4 is 26.7 Å². The molecule has 0 radical (unpaired) electrons. The number of hydrogen-bond donors (Lipinski definition) is 1. The molecule has 1 heterocycles. The number of imidazole rings is 1. The molecule has 3 aromatic carbocycles. The maximum atomic E-state index is 12.0. The highest BCUT2D eigenvalue weighted by atomic mass is 32.2. The number of rotatable bonds is 5. The van der Waals surface area contributed by atoms with Crippen LogP contribution in [0.1, 0.15) is 46.9 Å². The van der Waals surface area contributed by atoms with Gasteiger partial charge < -0.3 is 4.98 Å². The maximum absolute atomic E-state index is 12.0. The van der Waals surface area contributed by atoms with Gasteiger partial charge in [0, 0.05) is 17.7 Å². The summed E-state index contributed by atoms with van der Waals surface area (Å²) in [5.41, 5.74) is 5.59. The van der Waals surface area contributed by atoms with Gasteiger partial charge in [0.25, 0.3) is 0 Å². The van der Waals surface area contributed by atoms with Crippen LogP contribution in [0.5, 0.6) is 0 Å². The Balaban J connectivity index is 1.42. The van der Waals surface area contributed by atoms with E-state index in [1.807, 2.05) is 54.6 Å². The Kier molecular flexibility index (Phi) is 4.55. The average Bonchev–Trinajstić information content (AvgIpc) is 3.44. The Hall–Kier alpha value is -3.25. The van der Waals surface area contributed by atoms with Crippen LogP contribution in [-0.2, 0) is 9.84 Å². The van der Waals surface area contributed by atoms with E-state index in [0.717, 1.165) is 40.0 Å². The zero-order valence-corrected chi connectivity index (χ0v) is 18.1. The molecule has 4 aromatic rings. The molecule has 0 amide bonds. The maximum Gasteiger partial charge on any atom is 0.175 e. The van der Waals surface area contributed by atoms with Crippen molar-refractivity contribution in [2.24, 2.45) is 0 Å². The first kappa shape index (κ1) is 19.7. The molecule has 2 unspecified atom stereocenters. The van der Waals surface area contributed by atoms with Gasteiger partial charge in [0.05, 0.1) is 15.9 Å². The van der Waals surface area contributed by atoms with Crippen molar-refractivity contribution in [3.63, 3.8) is 0 Å². The Morgan fingerprint density at radius 2 is 1.74 bits per heavy atom. The SMILES string of the molecule is CC(=O)c1ccccc1-c1ccc2nc(C3CC3c3ccc(S(C)(=O)=O)cc3)[nH]c2c1. The minimum absolute atomic E-state index is 0.0451. The van der Waals surface area contributed by atoms with Gasteiger partial charge in [-0.3, -0.25) is 4.79 Å². The zero-order chi connectivity index (χ0) is 21.8. The summed E-state index contributed by atoms with van der Waals surface area (Å²) in [4.78, 5) is 20.6. The normalized spacial score (nSPS) is 18.3. The van der Waals surface area contributed by atoms with Crippen LogP contribution in [0.4, 0.5) is 0 Å². The minimum atomic E-state index is -3.18. The second-order valence-electron chi connectivity index (χ2n) is 8.25. The van der Waals surface area contributed by atoms with E-state index in [0.29, 0.717) is 22.3 Å². The number of hydrogen-bond acceptors (Lipinski definition) is 4. The van der Waals surface area contributed by atoms with E-state index >= 15 is 0 Å². The third kappa shape index (κ3) is 3.68. The fourth-order valence-electron chi connectivity index (χ4n) is 4.24. The molecular formula is C25H22N2O3S. The molecule has 1 N–H and O–H groups in total. The monoisotopic (exact) mass is 430 g/mol. The summed E-state index contributed by atoms with van der Waals surface area (Å²) in [5, 5.41) is 0. The van der Waals surface area contributed by atoms with Gasteiger partial charge in [-0.05, 0) is 60.2 Å². The van der Waals surface area contributed by atoms with Gasteiger partial charge in [0.2, 0.25) is 0 Å². The summed E-state index contributed by atoms with van der Waals surface area (Å²) in [6, 6.07) is 20.8. The van der Waals surface area contributed by atoms with E-state index in [9.17, 15) is 13.2 Å². The molecule has 1 aliphatic rings. The van der Waals surface area contributed by atoms with Crippen LogP contribution >= 0.6 is 0 Å². The third-order valence-electron chi connectivity index (χ3n) is 6.00. The van der Waals surface area contributed by atoms with Crippen LogP contribution in [0.25, 0.3) is 22.2 Å². The van der Waals surface area contributed by atoms with Crippen LogP contribution in [0.15, 0.2) is 71.6 Å². The summed E-state index contributed by atoms with van der Waals surface area (Å²) >= 11 is 0. The van der Waals surface area contributed by atoms with E-state index in [1.54, 1.807) is 19.1 Å². The number of benzene rings is 3. The highest BCUT2D eigenvalue weighted by Crippen LogP contribution is 2.54. The average molecular weight is 431 g/mol. The van der Waals surface area contributed by atoms with E-state index in [-0.39, 0.29) is 5.78 Å². The van der Waals surface area contributed by atoms with E-state index < -0.39 is 9.84 Å². The molecule has 31 heavy (non-hydrogen) atoms. The van der Waals surface area contributed by atoms with Crippen molar-refractivity contribution in [3.8, 4) is 11.1 Å². The van der Waals surface area contributed by atoms with Gasteiger partial charge in [-0.25, -0.2) is 13.4 Å². The number of nitrogens with one attached hydrogen (secondary N) is 1. The van der Waals surface area contributed by atoms with Gasteiger partial charge in [0.1, 0.15) is 5.82 Å². The Labute approximate surface area is 181 Å². The van der Waals surface area contributed by atoms with Crippen LogP contribution in [-0.4, -0.2) is 30.4 Å². The number of aromatic amines is 1. The lowest BCUT2D eigenvalue weighted by atomic mass is 9.97. The molecule has 0 aliphatic heterocycles. The summed E-state index contributed by atoms with van der Waals surface area (Å²) in [7, 11) is -3.18. The summed E-state index contributed by atoms with van der Waals surface area (Å²) in [5.74, 6) is 1.63. The van der Waals surface area contributed by atoms with Gasteiger partial charge in [0.15, 0.2) is 15.6 Å². The zero-order valence-electron chi connectivity index (χ0n) is 17.3. The number of fused-ring (bicyclic) bond motifs is 1. The Morgan fingerprint density at radius 3 is 2.45 bits per heavy atom. The van der Waals surface area contributed by atoms with Crippen LogP contribution in [0.3, 0.4) is 0 Å². The highest BCUT2D eigenvalue weighted by Gasteiger charge is 2.41. The fraction of sp³-hybridized carbons (Fsp3) is 0.200. The molecule has 1 aliphatic carbocycles. The van der Waals surface area contributed by atoms with Gasteiger partial charge in [-0.15, -0.1) is 0 Å². The van der Waals surface area contributed by atoms with Crippen molar-refractivity contribution < 1.29 is 13.2 Å². The fourth-order valence-corrected chi connectivity index (χ4v) is 4.87. The lowest BCUT2D eigenvalue weighted by Crippen LogP contribution is -1.96. The van der Waals surface area contributed by atoms with Gasteiger partial charge >= 0.3 is 0 Å². The van der Waals surface area contributed by atoms with Crippen molar-refractivity contribution in [1.29, 1.82) is 0 Å². The van der Waals surface area contributed by atoms with Crippen molar-refractivity contribution in [1.82, 2.24) is 9.97 Å². The smallest absolute Gasteiger partial charge is 0.175 e. The number of carbonyl (C=O) groups is 1. The summed E-state index contributed by atoms with van der Waals surface area (Å²) in [6.45, 7) is 1.58. The first-order valence-corrected chi connectivity index (χ1v) is 12.1. The third-order valence-corrected chi connectivity index (χ3v) is 7.12. The van der Waals surface area contributed by atoms with Crippen molar-refractivity contribution in [2.75, 3.05) is 6.26 Å². The molecule has 2 atom stereocenters. The van der Waals surface area contributed by atoms with Crippen molar-refractivity contribution in [3.05, 3.63) is 83.7 Å². The van der Waals surface area contributed by atoms with E-state index in [1.165, 1.54) is 6.26 Å². The number of ketones is 1. The molecule has 156 valence electrons. The number of sulfone groups is 1. The number of Topliss-reactive ketones (excluding diaryl/α,β-unsaturated/α-hetero) is 1. The first-order chi connectivity index (χ1) is 14.8. The first-order valence-electron chi connectivity index (χ1n) is 10.2. The van der Waals surface area contributed by atoms with Crippen LogP contribution < -0.4 is 0 Å². The lowest BCUT2D eigenvalue weighted by Gasteiger charge is -2.06. The molecule has 1 saturated carbocycles. The second kappa shape index (κ2) is 7.17. The number of H-pyrrole nitrogens is 1. The molecular weight excluding hydrogens is 408 g/mol. The van der Waals surface area contributed by atoms with E-state index in [2.05, 4.69) is 4.98 Å². The largest absolute Gasteiger partial charge is 0.342 e. The predicted octanol–water partition coefficient (Wildman–Crippen LogP) is 5.11. The second-order valence-corrected chi connectivity index (χ2v) is 10.3. The Morgan fingerprint density at radius 1 is 1.00 bits per heavy atom. The quantitative estimate of drug-likeness (QED) is 0.446. The lowest BCUT2D eigenvalue weighted by molar-refractivity contribution is 0.101. The summed E-state index contributed by atoms with van der Waals surface area (Å²) < 4.78 is 23.3. The molecule has 1 fully saturated rings. The van der Waals surface area contributed by atoms with Crippen molar-refractivity contribution in [2.45, 2.75) is 30.1 Å². The highest BCUT2D eigenvalue weighted by molar-refractivity contribution is 7.90. The predicted molar refractivity (Wildman–Crippen MR) is 121 cm³/mol. The minimum Gasteiger partial charge on any atom is -0.342 e. The number of carbonyl (C=O) groups excluding carboxylic acids is 1. The molecule has 0 saturated heterocycles. The number of nitrogens with zero attached hydrogens (tertiary/aromatic N) is 1. The number of aromatic nitrogens is 2. The van der Waals surface area contributed by atoms with Crippen LogP contribution in [0.2, 0.25) is 0 Å². The molecule has 6 heteroatoms. The standard InChI is InChI=1S/C25H22N2O3S/c1-15(28)19-5-3-4-6-20(19)17-9-12-23-24(13-17)27-25(26-23)22-14-21(22)16-7-10-18(11-8-16)31(2,29)30/h3-13,21-22H,14H2,1-2H3,(H,26,27). The Bertz CT molecular complexity index is 1420. The van der Waals surface area contributed by atoms with Gasteiger partial charge in [-0.1, -0.05) is 42.5 Å². The molecule has 1 aromatic heterocycles. The van der Waals surface area contributed by atoms with Gasteiger partial charge in [-0.2, -0.15) is 0 Å². The molecule has 5 rings (SSSR count). The molecule has 0 bridgehead atoms. The topological polar surface area (TPSA) is 79.9 Å². The van der Waals surface area contributed by atoms with E-state index in [4.69, 9.17) is 4.98 Å². The van der Waals surface area contributed by atoms with Crippen LogP contribution in [0, 0.1) is 0 Å². The molecule has 5 nitrogen and oxygen atoms in total. The molecule has 0 spiro atoms.